The molecule has 28 heavy (non-hydrogen) atoms. The molecule has 0 spiro atoms. The van der Waals surface area contributed by atoms with Crippen LogP contribution in [0.5, 0.6) is 11.5 Å². The number of aliphatic imine (C=N–C) groups is 1. The van der Waals surface area contributed by atoms with Gasteiger partial charge in [0.15, 0.2) is 17.5 Å². The summed E-state index contributed by atoms with van der Waals surface area (Å²) in [5.41, 5.74) is 0.901. The smallest absolute Gasteiger partial charge is 0.196 e. The van der Waals surface area contributed by atoms with E-state index in [2.05, 4.69) is 15.6 Å². The Morgan fingerprint density at radius 1 is 1.11 bits per heavy atom. The van der Waals surface area contributed by atoms with E-state index in [1.807, 2.05) is 13.0 Å². The van der Waals surface area contributed by atoms with Crippen molar-refractivity contribution in [2.24, 2.45) is 4.99 Å². The van der Waals surface area contributed by atoms with Crippen LogP contribution in [0, 0.1) is 11.6 Å². The lowest BCUT2D eigenvalue weighted by molar-refractivity contribution is 0.355. The first-order valence-corrected chi connectivity index (χ1v) is 8.81. The minimum absolute atomic E-state index is 0. The first kappa shape index (κ1) is 22.2. The maximum atomic E-state index is 14.0. The number of guanidine groups is 1. The van der Waals surface area contributed by atoms with E-state index in [0.29, 0.717) is 30.4 Å². The van der Waals surface area contributed by atoms with Crippen LogP contribution in [0.15, 0.2) is 41.4 Å². The van der Waals surface area contributed by atoms with E-state index < -0.39 is 11.6 Å². The number of anilines is 1. The highest BCUT2D eigenvalue weighted by Gasteiger charge is 2.42. The Morgan fingerprint density at radius 3 is 2.39 bits per heavy atom. The van der Waals surface area contributed by atoms with E-state index in [0.717, 1.165) is 5.69 Å². The predicted molar refractivity (Wildman–Crippen MR) is 117 cm³/mol. The monoisotopic (exact) mass is 503 g/mol. The highest BCUT2D eigenvalue weighted by molar-refractivity contribution is 14.0. The van der Waals surface area contributed by atoms with Crippen LogP contribution in [-0.2, 0) is 0 Å². The molecular weight excluding hydrogens is 479 g/mol. The van der Waals surface area contributed by atoms with Crippen molar-refractivity contribution in [3.63, 3.8) is 0 Å². The molecule has 152 valence electrons. The minimum Gasteiger partial charge on any atom is -0.493 e. The maximum Gasteiger partial charge on any atom is 0.196 e. The van der Waals surface area contributed by atoms with Crippen LogP contribution in [0.1, 0.15) is 24.8 Å². The second-order valence-corrected chi connectivity index (χ2v) is 6.25. The number of nitrogens with zero attached hydrogens (tertiary/aromatic N) is 1. The summed E-state index contributed by atoms with van der Waals surface area (Å²) in [5, 5.41) is 6.44. The van der Waals surface area contributed by atoms with Crippen molar-refractivity contribution < 1.29 is 18.3 Å². The molecule has 0 aliphatic heterocycles. The molecule has 1 aliphatic carbocycles. The van der Waals surface area contributed by atoms with Gasteiger partial charge in [0.2, 0.25) is 0 Å². The zero-order valence-electron chi connectivity index (χ0n) is 16.0. The Kier molecular flexibility index (Phi) is 7.85. The average molecular weight is 503 g/mol. The summed E-state index contributed by atoms with van der Waals surface area (Å²) >= 11 is 0. The minimum atomic E-state index is -0.508. The second-order valence-electron chi connectivity index (χ2n) is 6.25. The van der Waals surface area contributed by atoms with Crippen LogP contribution in [0.2, 0.25) is 0 Å². The molecule has 0 aromatic heterocycles. The van der Waals surface area contributed by atoms with Gasteiger partial charge in [-0.2, -0.15) is 0 Å². The number of hydrogen-bond donors (Lipinski definition) is 2. The summed E-state index contributed by atoms with van der Waals surface area (Å²) in [6.45, 7) is 2.48. The van der Waals surface area contributed by atoms with Crippen molar-refractivity contribution in [1.82, 2.24) is 5.32 Å². The lowest BCUT2D eigenvalue weighted by Crippen LogP contribution is -2.33. The molecule has 8 heteroatoms. The van der Waals surface area contributed by atoms with Crippen molar-refractivity contribution in [1.29, 1.82) is 0 Å². The fourth-order valence-corrected chi connectivity index (χ4v) is 3.04. The molecule has 1 saturated carbocycles. The first-order valence-electron chi connectivity index (χ1n) is 8.81. The molecule has 0 radical (unpaired) electrons. The van der Waals surface area contributed by atoms with E-state index in [4.69, 9.17) is 9.47 Å². The van der Waals surface area contributed by atoms with E-state index in [9.17, 15) is 8.78 Å². The molecule has 2 atom stereocenters. The van der Waals surface area contributed by atoms with Gasteiger partial charge in [-0.1, -0.05) is 6.07 Å². The van der Waals surface area contributed by atoms with Gasteiger partial charge in [-0.15, -0.1) is 24.0 Å². The van der Waals surface area contributed by atoms with Gasteiger partial charge >= 0.3 is 0 Å². The number of nitrogens with one attached hydrogen (secondary N) is 2. The average Bonchev–Trinajstić information content (AvgIpc) is 3.40. The van der Waals surface area contributed by atoms with Crippen molar-refractivity contribution in [2.75, 3.05) is 26.1 Å². The second kappa shape index (κ2) is 9.90. The Labute approximate surface area is 180 Å². The molecule has 2 unspecified atom stereocenters. The van der Waals surface area contributed by atoms with E-state index in [-0.39, 0.29) is 41.5 Å². The molecule has 2 aromatic carbocycles. The molecule has 0 saturated heterocycles. The maximum absolute atomic E-state index is 14.0. The third-order valence-electron chi connectivity index (χ3n) is 4.45. The largest absolute Gasteiger partial charge is 0.493 e. The summed E-state index contributed by atoms with van der Waals surface area (Å²) in [6.07, 6.45) is 0.647. The van der Waals surface area contributed by atoms with Crippen molar-refractivity contribution in [3.8, 4) is 11.5 Å². The highest BCUT2D eigenvalue weighted by atomic mass is 127. The zero-order chi connectivity index (χ0) is 19.4. The fourth-order valence-electron chi connectivity index (χ4n) is 3.04. The number of ether oxygens (including phenoxy) is 2. The molecule has 2 aromatic rings. The fraction of sp³-hybridized carbons (Fsp3) is 0.350. The van der Waals surface area contributed by atoms with Crippen LogP contribution < -0.4 is 20.1 Å². The van der Waals surface area contributed by atoms with Crippen LogP contribution in [0.4, 0.5) is 14.5 Å². The summed E-state index contributed by atoms with van der Waals surface area (Å²) < 4.78 is 38.5. The number of hydrogen-bond acceptors (Lipinski definition) is 3. The number of methoxy groups -OCH3 is 2. The van der Waals surface area contributed by atoms with Gasteiger partial charge in [0.1, 0.15) is 11.6 Å². The van der Waals surface area contributed by atoms with Crippen molar-refractivity contribution in [2.45, 2.75) is 25.3 Å². The molecule has 0 amide bonds. The van der Waals surface area contributed by atoms with E-state index in [1.165, 1.54) is 18.2 Å². The van der Waals surface area contributed by atoms with Crippen molar-refractivity contribution in [3.05, 3.63) is 53.6 Å². The summed E-state index contributed by atoms with van der Waals surface area (Å²) in [6, 6.07) is 9.31. The molecule has 0 bridgehead atoms. The molecule has 5 nitrogen and oxygen atoms in total. The number of rotatable bonds is 6. The Bertz CT molecular complexity index is 828. The Balaban J connectivity index is 0.00000280. The van der Waals surface area contributed by atoms with Crippen LogP contribution in [-0.4, -0.2) is 32.8 Å². The quantitative estimate of drug-likeness (QED) is 0.346. The summed E-state index contributed by atoms with van der Waals surface area (Å²) in [7, 11) is 3.14. The van der Waals surface area contributed by atoms with Gasteiger partial charge in [0.05, 0.1) is 14.2 Å². The third kappa shape index (κ3) is 5.03. The zero-order valence-corrected chi connectivity index (χ0v) is 18.3. The summed E-state index contributed by atoms with van der Waals surface area (Å²) in [5.74, 6) is 0.546. The van der Waals surface area contributed by atoms with Gasteiger partial charge < -0.3 is 20.1 Å². The van der Waals surface area contributed by atoms with Crippen LogP contribution in [0.25, 0.3) is 0 Å². The first-order chi connectivity index (χ1) is 13.1. The standard InChI is InChI=1S/C20H23F2N3O2.HI/c1-4-23-20(24-12-8-9-17(26-2)18(10-12)27-3)25-16-11-13(16)19-14(21)6-5-7-15(19)22;/h5-10,13,16H,4,11H2,1-3H3,(H2,23,24,25);1H. The molecular formula is C20H24F2IN3O2. The van der Waals surface area contributed by atoms with Gasteiger partial charge in [-0.3, -0.25) is 4.99 Å². The lowest BCUT2D eigenvalue weighted by Gasteiger charge is -2.14. The Morgan fingerprint density at radius 2 is 1.79 bits per heavy atom. The van der Waals surface area contributed by atoms with Gasteiger partial charge in [-0.25, -0.2) is 8.78 Å². The molecule has 1 fully saturated rings. The van der Waals surface area contributed by atoms with Crippen LogP contribution in [0.3, 0.4) is 0 Å². The van der Waals surface area contributed by atoms with Gasteiger partial charge in [-0.05, 0) is 37.6 Å². The number of benzene rings is 2. The van der Waals surface area contributed by atoms with Gasteiger partial charge in [0, 0.05) is 35.8 Å². The van der Waals surface area contributed by atoms with Crippen molar-refractivity contribution >= 4 is 35.6 Å². The van der Waals surface area contributed by atoms with E-state index in [1.54, 1.807) is 26.4 Å². The topological polar surface area (TPSA) is 54.9 Å². The molecule has 1 aliphatic rings. The molecule has 3 rings (SSSR count). The summed E-state index contributed by atoms with van der Waals surface area (Å²) in [4.78, 5) is 4.41. The lowest BCUT2D eigenvalue weighted by atomic mass is 10.1. The predicted octanol–water partition coefficient (Wildman–Crippen LogP) is 4.53. The SMILES string of the molecule is CCN=C(Nc1ccc(OC)c(OC)c1)NC1CC1c1c(F)cccc1F.I. The van der Waals surface area contributed by atoms with E-state index >= 15 is 0 Å². The third-order valence-corrected chi connectivity index (χ3v) is 4.45. The normalized spacial score (nSPS) is 18.1. The number of halogens is 3. The van der Waals surface area contributed by atoms with Gasteiger partial charge in [0.25, 0.3) is 0 Å². The van der Waals surface area contributed by atoms with Crippen LogP contribution >= 0.6 is 24.0 Å². The molecule has 2 N–H and O–H groups in total. The Hall–Kier alpha value is -2.10. The highest BCUT2D eigenvalue weighted by Crippen LogP contribution is 2.43. The molecule has 0 heterocycles.